The molecule has 12 rings (SSSR count). The van der Waals surface area contributed by atoms with Crippen molar-refractivity contribution in [3.63, 3.8) is 0 Å². The van der Waals surface area contributed by atoms with Crippen LogP contribution in [-0.4, -0.2) is 19.5 Å². The number of furan rings is 1. The number of nitrogens with zero attached hydrogens (tertiary/aromatic N) is 4. The first-order valence-corrected chi connectivity index (χ1v) is 20.2. The van der Waals surface area contributed by atoms with Crippen molar-refractivity contribution >= 4 is 54.5 Å². The van der Waals surface area contributed by atoms with Crippen molar-refractivity contribution in [1.82, 2.24) is 19.5 Å². The maximum atomic E-state index is 7.12. The van der Waals surface area contributed by atoms with Crippen LogP contribution in [0.5, 0.6) is 0 Å². The summed E-state index contributed by atoms with van der Waals surface area (Å²) in [5.74, 6) is 1.93. The minimum Gasteiger partial charge on any atom is -0.438 e. The summed E-state index contributed by atoms with van der Waals surface area (Å²) in [6.07, 6.45) is 0. The number of rotatable bonds is 6. The molecule has 0 fully saturated rings. The van der Waals surface area contributed by atoms with E-state index >= 15 is 0 Å². The van der Waals surface area contributed by atoms with Crippen molar-refractivity contribution in [3.8, 4) is 62.1 Å². The molecular weight excluding hydrogens is 733 g/mol. The zero-order chi connectivity index (χ0) is 39.6. The van der Waals surface area contributed by atoms with Crippen LogP contribution in [-0.2, 0) is 0 Å². The van der Waals surface area contributed by atoms with Gasteiger partial charge in [0.1, 0.15) is 5.58 Å². The Balaban J connectivity index is 0.955. The minimum atomic E-state index is 0.635. The van der Waals surface area contributed by atoms with E-state index in [4.69, 9.17) is 19.4 Å². The molecule has 0 aliphatic carbocycles. The molecule has 0 atom stereocenters. The lowest BCUT2D eigenvalue weighted by atomic mass is 9.95. The highest BCUT2D eigenvalue weighted by Crippen LogP contribution is 2.46. The third-order valence-corrected chi connectivity index (χ3v) is 11.6. The third-order valence-electron chi connectivity index (χ3n) is 11.6. The molecule has 3 heterocycles. The predicted molar refractivity (Wildman–Crippen MR) is 246 cm³/mol. The monoisotopic (exact) mass is 766 g/mol. The van der Waals surface area contributed by atoms with Crippen LogP contribution in [0, 0.1) is 0 Å². The molecule has 9 aromatic carbocycles. The Morgan fingerprint density at radius 1 is 0.350 bits per heavy atom. The molecule has 5 nitrogen and oxygen atoms in total. The Labute approximate surface area is 345 Å². The first-order valence-electron chi connectivity index (χ1n) is 20.2. The highest BCUT2D eigenvalue weighted by atomic mass is 16.3. The molecule has 0 saturated carbocycles. The molecule has 0 saturated heterocycles. The van der Waals surface area contributed by atoms with Gasteiger partial charge in [-0.25, -0.2) is 15.0 Å². The van der Waals surface area contributed by atoms with Gasteiger partial charge in [0.15, 0.2) is 17.5 Å². The molecule has 0 aliphatic rings. The summed E-state index contributed by atoms with van der Waals surface area (Å²) >= 11 is 0. The van der Waals surface area contributed by atoms with Gasteiger partial charge >= 0.3 is 0 Å². The molecule has 0 spiro atoms. The molecule has 0 unspecified atom stereocenters. The van der Waals surface area contributed by atoms with Gasteiger partial charge in [0.05, 0.1) is 10.9 Å². The Bertz CT molecular complexity index is 3510. The van der Waals surface area contributed by atoms with Crippen LogP contribution in [0.2, 0.25) is 0 Å². The Hall–Kier alpha value is -8.15. The Kier molecular flexibility index (Phi) is 7.78. The van der Waals surface area contributed by atoms with E-state index in [1.807, 2.05) is 60.7 Å². The Morgan fingerprint density at radius 2 is 0.850 bits per heavy atom. The average molecular weight is 767 g/mol. The highest BCUT2D eigenvalue weighted by molar-refractivity contribution is 6.29. The quantitative estimate of drug-likeness (QED) is 0.169. The molecule has 5 heteroatoms. The van der Waals surface area contributed by atoms with Gasteiger partial charge in [0.25, 0.3) is 0 Å². The predicted octanol–water partition coefficient (Wildman–Crippen LogP) is 14.4. The van der Waals surface area contributed by atoms with Crippen LogP contribution >= 0.6 is 0 Å². The fraction of sp³-hybridized carbons (Fsp3) is 0. The molecule has 0 bridgehead atoms. The first-order chi connectivity index (χ1) is 29.7. The molecule has 0 amide bonds. The lowest BCUT2D eigenvalue weighted by Gasteiger charge is -2.10. The van der Waals surface area contributed by atoms with Crippen LogP contribution in [0.4, 0.5) is 0 Å². The lowest BCUT2D eigenvalue weighted by molar-refractivity contribution is 0.646. The van der Waals surface area contributed by atoms with E-state index in [9.17, 15) is 0 Å². The van der Waals surface area contributed by atoms with Crippen LogP contribution in [0.25, 0.3) is 117 Å². The zero-order valence-electron chi connectivity index (χ0n) is 32.3. The summed E-state index contributed by atoms with van der Waals surface area (Å²) in [6, 6.07) is 72.1. The lowest BCUT2D eigenvalue weighted by Crippen LogP contribution is -2.00. The topological polar surface area (TPSA) is 56.7 Å². The molecular formula is C55H34N4O. The first kappa shape index (κ1) is 33.9. The summed E-state index contributed by atoms with van der Waals surface area (Å²) in [5.41, 5.74) is 11.1. The van der Waals surface area contributed by atoms with Gasteiger partial charge in [0.2, 0.25) is 5.71 Å². The van der Waals surface area contributed by atoms with Crippen molar-refractivity contribution in [2.24, 2.45) is 0 Å². The van der Waals surface area contributed by atoms with Crippen molar-refractivity contribution in [2.75, 3.05) is 0 Å². The van der Waals surface area contributed by atoms with E-state index in [1.165, 1.54) is 21.5 Å². The molecule has 12 aromatic rings. The van der Waals surface area contributed by atoms with Gasteiger partial charge in [-0.1, -0.05) is 176 Å². The number of hydrogen-bond donors (Lipinski definition) is 0. The summed E-state index contributed by atoms with van der Waals surface area (Å²) in [4.78, 5) is 14.7. The summed E-state index contributed by atoms with van der Waals surface area (Å²) in [7, 11) is 0. The van der Waals surface area contributed by atoms with Crippen LogP contribution in [0.3, 0.4) is 0 Å². The maximum Gasteiger partial charge on any atom is 0.213 e. The van der Waals surface area contributed by atoms with E-state index in [0.29, 0.717) is 17.5 Å². The summed E-state index contributed by atoms with van der Waals surface area (Å²) < 4.78 is 9.39. The second-order valence-electron chi connectivity index (χ2n) is 15.2. The Morgan fingerprint density at radius 3 is 1.52 bits per heavy atom. The SMILES string of the molecule is c1ccc(-c2nc(-c3ccccc3)nc(-c3ccc(-c4ccc(-n5c6ccccc6c6c7c(oc65)c(-c5ccc6ccccc6c5)cc5ccccc57)cc4)cc3)n2)cc1. The van der Waals surface area contributed by atoms with Gasteiger partial charge in [0, 0.05) is 38.7 Å². The van der Waals surface area contributed by atoms with E-state index < -0.39 is 0 Å². The van der Waals surface area contributed by atoms with Crippen LogP contribution < -0.4 is 0 Å². The van der Waals surface area contributed by atoms with Gasteiger partial charge < -0.3 is 4.42 Å². The van der Waals surface area contributed by atoms with E-state index in [0.717, 1.165) is 77.6 Å². The molecule has 0 N–H and O–H groups in total. The second kappa shape index (κ2) is 13.8. The van der Waals surface area contributed by atoms with Gasteiger partial charge in [-0.3, -0.25) is 4.57 Å². The van der Waals surface area contributed by atoms with Crippen molar-refractivity contribution in [3.05, 3.63) is 206 Å². The van der Waals surface area contributed by atoms with E-state index in [1.54, 1.807) is 0 Å². The van der Waals surface area contributed by atoms with E-state index in [-0.39, 0.29) is 0 Å². The largest absolute Gasteiger partial charge is 0.438 e. The summed E-state index contributed by atoms with van der Waals surface area (Å²) in [5, 5.41) is 8.23. The van der Waals surface area contributed by atoms with E-state index in [2.05, 4.69) is 150 Å². The molecule has 3 aromatic heterocycles. The summed E-state index contributed by atoms with van der Waals surface area (Å²) in [6.45, 7) is 0. The van der Waals surface area contributed by atoms with Gasteiger partial charge in [-0.05, 0) is 68.6 Å². The second-order valence-corrected chi connectivity index (χ2v) is 15.2. The van der Waals surface area contributed by atoms with Crippen molar-refractivity contribution in [1.29, 1.82) is 0 Å². The standard InChI is InChI=1S/C55H34N4O/c1-3-14-38(15-4-1)52-56-53(39-16-5-2-6-17-39)58-54(57-52)40-26-23-36(24-27-40)37-29-31-44(32-30-37)59-48-22-12-11-21-46(48)50-49-45-20-10-9-19-42(45)34-47(51(49)60-55(50)59)43-28-25-35-13-7-8-18-41(35)33-43/h1-34H. The molecule has 280 valence electrons. The normalized spacial score (nSPS) is 11.7. The fourth-order valence-corrected chi connectivity index (χ4v) is 8.71. The van der Waals surface area contributed by atoms with Crippen LogP contribution in [0.1, 0.15) is 0 Å². The molecule has 60 heavy (non-hydrogen) atoms. The zero-order valence-corrected chi connectivity index (χ0v) is 32.3. The number of fused-ring (bicyclic) bond motifs is 8. The van der Waals surface area contributed by atoms with Crippen LogP contribution in [0.15, 0.2) is 211 Å². The average Bonchev–Trinajstić information content (AvgIpc) is 3.87. The van der Waals surface area contributed by atoms with Crippen molar-refractivity contribution < 1.29 is 4.42 Å². The highest BCUT2D eigenvalue weighted by Gasteiger charge is 2.23. The molecule has 0 radical (unpaired) electrons. The minimum absolute atomic E-state index is 0.635. The number of hydrogen-bond acceptors (Lipinski definition) is 4. The number of aromatic nitrogens is 4. The number of para-hydroxylation sites is 1. The fourth-order valence-electron chi connectivity index (χ4n) is 8.71. The van der Waals surface area contributed by atoms with Gasteiger partial charge in [-0.15, -0.1) is 0 Å². The third kappa shape index (κ3) is 5.59. The molecule has 0 aliphatic heterocycles. The van der Waals surface area contributed by atoms with Crippen molar-refractivity contribution in [2.45, 2.75) is 0 Å². The smallest absolute Gasteiger partial charge is 0.213 e. The van der Waals surface area contributed by atoms with Gasteiger partial charge in [-0.2, -0.15) is 0 Å². The number of benzene rings is 9. The maximum absolute atomic E-state index is 7.12.